The molecule has 1 atom stereocenters. The molecule has 0 spiro atoms. The van der Waals surface area contributed by atoms with Crippen molar-refractivity contribution in [3.8, 4) is 0 Å². The first-order valence-electron chi connectivity index (χ1n) is 9.35. The molecule has 3 amide bonds. The van der Waals surface area contributed by atoms with E-state index in [1.54, 1.807) is 0 Å². The van der Waals surface area contributed by atoms with Gasteiger partial charge in [0.05, 0.1) is 6.42 Å². The molecule has 0 aromatic heterocycles. The molecular formula is C21H26N4O2. The molecule has 6 heteroatoms. The fraction of sp³-hybridized carbons (Fsp3) is 0.333. The van der Waals surface area contributed by atoms with Crippen LogP contribution in [-0.2, 0) is 11.2 Å². The molecule has 2 aromatic carbocycles. The molecule has 3 rings (SSSR count). The summed E-state index contributed by atoms with van der Waals surface area (Å²) in [4.78, 5) is 26.8. The Labute approximate surface area is 159 Å². The Hall–Kier alpha value is -3.02. The Morgan fingerprint density at radius 1 is 1.04 bits per heavy atom. The average Bonchev–Trinajstić information content (AvgIpc) is 2.69. The van der Waals surface area contributed by atoms with Gasteiger partial charge in [-0.2, -0.15) is 0 Å². The third-order valence-electron chi connectivity index (χ3n) is 4.81. The number of nitrogens with two attached hydrogens (primary N) is 1. The fourth-order valence-electron chi connectivity index (χ4n) is 3.36. The summed E-state index contributed by atoms with van der Waals surface area (Å²) in [6, 6.07) is 16.5. The van der Waals surface area contributed by atoms with E-state index in [-0.39, 0.29) is 18.0 Å². The van der Waals surface area contributed by atoms with E-state index in [1.807, 2.05) is 59.5 Å². The van der Waals surface area contributed by atoms with Crippen LogP contribution in [0.4, 0.5) is 16.2 Å². The highest BCUT2D eigenvalue weighted by Gasteiger charge is 2.26. The van der Waals surface area contributed by atoms with Crippen LogP contribution in [-0.4, -0.2) is 36.0 Å². The Balaban J connectivity index is 1.54. The van der Waals surface area contributed by atoms with E-state index in [0.717, 1.165) is 37.1 Å². The second-order valence-corrected chi connectivity index (χ2v) is 6.86. The molecule has 0 bridgehead atoms. The number of nitrogen functional groups attached to an aromatic ring is 1. The summed E-state index contributed by atoms with van der Waals surface area (Å²) in [6.45, 7) is 1.19. The van der Waals surface area contributed by atoms with Crippen LogP contribution in [0.5, 0.6) is 0 Å². The van der Waals surface area contributed by atoms with Crippen LogP contribution in [0.25, 0.3) is 0 Å². The molecule has 4 N–H and O–H groups in total. The number of hydrogen-bond acceptors (Lipinski definition) is 3. The third-order valence-corrected chi connectivity index (χ3v) is 4.81. The van der Waals surface area contributed by atoms with Gasteiger partial charge in [-0.15, -0.1) is 0 Å². The predicted molar refractivity (Wildman–Crippen MR) is 107 cm³/mol. The normalized spacial score (nSPS) is 16.6. The van der Waals surface area contributed by atoms with E-state index in [9.17, 15) is 9.59 Å². The van der Waals surface area contributed by atoms with Crippen molar-refractivity contribution in [3.63, 3.8) is 0 Å². The Bertz CT molecular complexity index is 762. The van der Waals surface area contributed by atoms with Gasteiger partial charge in [0.15, 0.2) is 0 Å². The molecule has 1 saturated heterocycles. The lowest BCUT2D eigenvalue weighted by molar-refractivity contribution is -0.134. The number of piperidine rings is 1. The number of urea groups is 1. The number of nitrogens with one attached hydrogen (secondary N) is 2. The molecule has 1 unspecified atom stereocenters. The van der Waals surface area contributed by atoms with Gasteiger partial charge in [0.1, 0.15) is 0 Å². The summed E-state index contributed by atoms with van der Waals surface area (Å²) < 4.78 is 0. The zero-order valence-electron chi connectivity index (χ0n) is 15.4. The summed E-state index contributed by atoms with van der Waals surface area (Å²) in [6.07, 6.45) is 3.32. The van der Waals surface area contributed by atoms with Crippen molar-refractivity contribution < 1.29 is 9.59 Å². The van der Waals surface area contributed by atoms with Crippen molar-refractivity contribution in [1.82, 2.24) is 10.2 Å². The maximum absolute atomic E-state index is 12.8. The first-order chi connectivity index (χ1) is 13.1. The van der Waals surface area contributed by atoms with Gasteiger partial charge >= 0.3 is 6.03 Å². The quantitative estimate of drug-likeness (QED) is 0.711. The second-order valence-electron chi connectivity index (χ2n) is 6.86. The van der Waals surface area contributed by atoms with Gasteiger partial charge in [0.25, 0.3) is 0 Å². The molecule has 1 fully saturated rings. The third kappa shape index (κ3) is 5.48. The van der Waals surface area contributed by atoms with E-state index < -0.39 is 0 Å². The Morgan fingerprint density at radius 3 is 2.52 bits per heavy atom. The molecule has 6 nitrogen and oxygen atoms in total. The summed E-state index contributed by atoms with van der Waals surface area (Å²) >= 11 is 0. The number of para-hydroxylation sites is 1. The van der Waals surface area contributed by atoms with E-state index in [0.29, 0.717) is 18.7 Å². The number of nitrogens with zero attached hydrogens (tertiary/aromatic N) is 1. The standard InChI is InChI=1S/C21H26N4O2/c22-17-11-9-16(10-12-17)14-20(26)25-13-5-4-8-19(25)15-23-21(27)24-18-6-2-1-3-7-18/h1-3,6-7,9-12,19H,4-5,8,13-15,22H2,(H2,23,24,27). The minimum absolute atomic E-state index is 0.0292. The molecule has 2 aromatic rings. The van der Waals surface area contributed by atoms with Crippen LogP contribution in [0, 0.1) is 0 Å². The minimum Gasteiger partial charge on any atom is -0.399 e. The zero-order chi connectivity index (χ0) is 19.1. The first-order valence-corrected chi connectivity index (χ1v) is 9.35. The van der Waals surface area contributed by atoms with Crippen LogP contribution in [0.1, 0.15) is 24.8 Å². The molecule has 1 aliphatic heterocycles. The maximum Gasteiger partial charge on any atom is 0.319 e. The number of anilines is 2. The minimum atomic E-state index is -0.252. The van der Waals surface area contributed by atoms with Gasteiger partial charge in [-0.1, -0.05) is 30.3 Å². The first kappa shape index (κ1) is 18.8. The van der Waals surface area contributed by atoms with Gasteiger partial charge < -0.3 is 21.3 Å². The largest absolute Gasteiger partial charge is 0.399 e. The topological polar surface area (TPSA) is 87.5 Å². The van der Waals surface area contributed by atoms with Gasteiger partial charge in [-0.25, -0.2) is 4.79 Å². The number of carbonyl (C=O) groups is 2. The monoisotopic (exact) mass is 366 g/mol. The van der Waals surface area contributed by atoms with Gasteiger partial charge in [0.2, 0.25) is 5.91 Å². The molecule has 142 valence electrons. The average molecular weight is 366 g/mol. The van der Waals surface area contributed by atoms with Gasteiger partial charge in [0, 0.05) is 30.5 Å². The van der Waals surface area contributed by atoms with Crippen molar-refractivity contribution >= 4 is 23.3 Å². The highest BCUT2D eigenvalue weighted by atomic mass is 16.2. The summed E-state index contributed by atoms with van der Waals surface area (Å²) in [5, 5.41) is 5.70. The van der Waals surface area contributed by atoms with Crippen LogP contribution in [0.2, 0.25) is 0 Å². The smallest absolute Gasteiger partial charge is 0.319 e. The second kappa shape index (κ2) is 9.07. The molecule has 1 heterocycles. The maximum atomic E-state index is 12.8. The number of benzene rings is 2. The van der Waals surface area contributed by atoms with E-state index in [2.05, 4.69) is 10.6 Å². The van der Waals surface area contributed by atoms with Crippen LogP contribution in [0.15, 0.2) is 54.6 Å². The SMILES string of the molecule is Nc1ccc(CC(=O)N2CCCCC2CNC(=O)Nc2ccccc2)cc1. The predicted octanol–water partition coefficient (Wildman–Crippen LogP) is 3.01. The van der Waals surface area contributed by atoms with Crippen LogP contribution >= 0.6 is 0 Å². The molecule has 27 heavy (non-hydrogen) atoms. The van der Waals surface area contributed by atoms with Crippen molar-refractivity contribution in [3.05, 3.63) is 60.2 Å². The lowest BCUT2D eigenvalue weighted by Crippen LogP contribution is -2.50. The van der Waals surface area contributed by atoms with Crippen LogP contribution < -0.4 is 16.4 Å². The Kier molecular flexibility index (Phi) is 6.30. The molecular weight excluding hydrogens is 340 g/mol. The lowest BCUT2D eigenvalue weighted by atomic mass is 10.0. The van der Waals surface area contributed by atoms with Crippen molar-refractivity contribution in [2.75, 3.05) is 24.1 Å². The summed E-state index contributed by atoms with van der Waals surface area (Å²) in [5.74, 6) is 0.0924. The van der Waals surface area contributed by atoms with Gasteiger partial charge in [-0.05, 0) is 49.1 Å². The van der Waals surface area contributed by atoms with Crippen molar-refractivity contribution in [2.45, 2.75) is 31.7 Å². The number of rotatable bonds is 5. The highest BCUT2D eigenvalue weighted by Crippen LogP contribution is 2.18. The van der Waals surface area contributed by atoms with Gasteiger partial charge in [-0.3, -0.25) is 4.79 Å². The van der Waals surface area contributed by atoms with Crippen LogP contribution in [0.3, 0.4) is 0 Å². The lowest BCUT2D eigenvalue weighted by Gasteiger charge is -2.36. The molecule has 0 radical (unpaired) electrons. The fourth-order valence-corrected chi connectivity index (χ4v) is 3.36. The van der Waals surface area contributed by atoms with Crippen molar-refractivity contribution in [2.24, 2.45) is 0 Å². The number of likely N-dealkylation sites (tertiary alicyclic amines) is 1. The van der Waals surface area contributed by atoms with E-state index >= 15 is 0 Å². The Morgan fingerprint density at radius 2 is 1.78 bits per heavy atom. The number of hydrogen-bond donors (Lipinski definition) is 3. The molecule has 0 aliphatic carbocycles. The number of carbonyl (C=O) groups excluding carboxylic acids is 2. The van der Waals surface area contributed by atoms with E-state index in [4.69, 9.17) is 5.73 Å². The van der Waals surface area contributed by atoms with Crippen molar-refractivity contribution in [1.29, 1.82) is 0 Å². The number of amides is 3. The molecule has 0 saturated carbocycles. The summed E-state index contributed by atoms with van der Waals surface area (Å²) in [5.41, 5.74) is 8.09. The summed E-state index contributed by atoms with van der Waals surface area (Å²) in [7, 11) is 0. The zero-order valence-corrected chi connectivity index (χ0v) is 15.4. The highest BCUT2D eigenvalue weighted by molar-refractivity contribution is 5.89. The molecule has 1 aliphatic rings. The van der Waals surface area contributed by atoms with E-state index in [1.165, 1.54) is 0 Å².